The van der Waals surface area contributed by atoms with Crippen molar-refractivity contribution in [3.05, 3.63) is 29.8 Å². The summed E-state index contributed by atoms with van der Waals surface area (Å²) < 4.78 is 56.3. The Morgan fingerprint density at radius 1 is 0.793 bits per heavy atom. The minimum atomic E-state index is -4.41. The molecule has 0 aliphatic heterocycles. The lowest BCUT2D eigenvalue weighted by Crippen LogP contribution is -2.29. The first kappa shape index (κ1) is 26.0. The molecule has 168 valence electrons. The first-order chi connectivity index (χ1) is 13.8. The molecule has 0 amide bonds. The topological polar surface area (TPSA) is 98.8 Å². The van der Waals surface area contributed by atoms with E-state index in [-0.39, 0.29) is 11.5 Å². The number of hydrogen-bond acceptors (Lipinski definition) is 6. The molecule has 0 unspecified atom stereocenters. The van der Waals surface area contributed by atoms with Gasteiger partial charge < -0.3 is 0 Å². The van der Waals surface area contributed by atoms with Gasteiger partial charge in [0.1, 0.15) is 0 Å². The van der Waals surface area contributed by atoms with Gasteiger partial charge in [-0.2, -0.15) is 8.42 Å². The molecule has 1 aromatic rings. The second kappa shape index (κ2) is 14.1. The van der Waals surface area contributed by atoms with Gasteiger partial charge in [-0.05, 0) is 31.4 Å². The fraction of sp³-hybridized carbons (Fsp3) is 0.700. The summed E-state index contributed by atoms with van der Waals surface area (Å²) in [5.41, 5.74) is 0.636. The highest BCUT2D eigenvalue weighted by molar-refractivity contribution is 7.90. The van der Waals surface area contributed by atoms with Crippen LogP contribution in [0.1, 0.15) is 83.6 Å². The highest BCUT2D eigenvalue weighted by atomic mass is 32.3. The molecule has 0 aliphatic carbocycles. The Bertz CT molecular complexity index is 778. The quantitative estimate of drug-likeness (QED) is 0.275. The van der Waals surface area contributed by atoms with E-state index in [0.29, 0.717) is 12.0 Å². The first-order valence-electron chi connectivity index (χ1n) is 10.5. The van der Waals surface area contributed by atoms with Gasteiger partial charge in [0.05, 0.1) is 11.5 Å². The monoisotopic (exact) mass is 449 g/mol. The van der Waals surface area contributed by atoms with Gasteiger partial charge in [-0.3, -0.25) is 0 Å². The van der Waals surface area contributed by atoms with E-state index in [1.807, 2.05) is 0 Å². The van der Waals surface area contributed by atoms with Gasteiger partial charge >= 0.3 is 10.4 Å². The van der Waals surface area contributed by atoms with Crippen molar-refractivity contribution < 1.29 is 25.3 Å². The molecule has 0 bridgehead atoms. The Morgan fingerprint density at radius 2 is 1.34 bits per heavy atom. The molecule has 9 heteroatoms. The number of nitrogens with one attached hydrogen (secondary N) is 1. The molecular weight excluding hydrogens is 414 g/mol. The summed E-state index contributed by atoms with van der Waals surface area (Å²) in [5.74, 6) is 0. The summed E-state index contributed by atoms with van der Waals surface area (Å²) in [5, 5.41) is 0. The molecule has 0 atom stereocenters. The van der Waals surface area contributed by atoms with Gasteiger partial charge in [-0.25, -0.2) is 12.6 Å². The first-order valence-corrected chi connectivity index (χ1v) is 13.3. The Balaban J connectivity index is 2.45. The summed E-state index contributed by atoms with van der Waals surface area (Å²) in [6, 6.07) is 6.53. The lowest BCUT2D eigenvalue weighted by Gasteiger charge is -2.11. The van der Waals surface area contributed by atoms with Gasteiger partial charge in [-0.1, -0.05) is 87.8 Å². The van der Waals surface area contributed by atoms with E-state index in [2.05, 4.69) is 15.4 Å². The molecule has 0 spiro atoms. The lowest BCUT2D eigenvalue weighted by atomic mass is 10.0. The normalized spacial score (nSPS) is 12.3. The zero-order valence-electron chi connectivity index (χ0n) is 17.6. The van der Waals surface area contributed by atoms with Crippen molar-refractivity contribution in [3.63, 3.8) is 0 Å². The third-order valence-corrected chi connectivity index (χ3v) is 6.77. The van der Waals surface area contributed by atoms with Crippen molar-refractivity contribution in [2.75, 3.05) is 6.61 Å². The average molecular weight is 450 g/mol. The Labute approximate surface area is 176 Å². The third-order valence-electron chi connectivity index (χ3n) is 4.57. The molecule has 0 saturated carbocycles. The van der Waals surface area contributed by atoms with Crippen molar-refractivity contribution >= 4 is 20.4 Å². The van der Waals surface area contributed by atoms with Crippen molar-refractivity contribution in [3.8, 4) is 0 Å². The van der Waals surface area contributed by atoms with E-state index in [0.717, 1.165) is 19.3 Å². The van der Waals surface area contributed by atoms with Crippen LogP contribution in [0.5, 0.6) is 0 Å². The third kappa shape index (κ3) is 11.1. The maximum Gasteiger partial charge on any atom is 0.417 e. The van der Waals surface area contributed by atoms with Gasteiger partial charge in [0.15, 0.2) is 0 Å². The highest BCUT2D eigenvalue weighted by Crippen LogP contribution is 2.19. The Morgan fingerprint density at radius 3 is 1.93 bits per heavy atom. The molecule has 29 heavy (non-hydrogen) atoms. The SMILES string of the molecule is CCCCCCCCCCCCc1ccccc1S(=O)(=O)NOS(=O)(=O)OCC. The molecule has 1 rings (SSSR count). The standard InChI is InChI=1S/C20H35NO6S2/c1-3-5-6-7-8-9-10-11-12-13-16-19-17-14-15-18-20(19)28(22,23)21-27-29(24,25)26-4-2/h14-15,17-18,21H,3-13,16H2,1-2H3. The van der Waals surface area contributed by atoms with Crippen LogP contribution < -0.4 is 4.89 Å². The number of aryl methyl sites for hydroxylation is 1. The van der Waals surface area contributed by atoms with Crippen LogP contribution >= 0.6 is 0 Å². The molecule has 0 aliphatic rings. The van der Waals surface area contributed by atoms with Crippen LogP contribution in [0.2, 0.25) is 0 Å². The van der Waals surface area contributed by atoms with Crippen LogP contribution in [-0.2, 0) is 35.3 Å². The molecule has 0 fully saturated rings. The average Bonchev–Trinajstić information content (AvgIpc) is 2.68. The van der Waals surface area contributed by atoms with Crippen LogP contribution in [0.3, 0.4) is 0 Å². The predicted octanol–water partition coefficient (Wildman–Crippen LogP) is 4.64. The lowest BCUT2D eigenvalue weighted by molar-refractivity contribution is 0.196. The minimum absolute atomic E-state index is 0.0163. The molecule has 1 aromatic carbocycles. The molecule has 7 nitrogen and oxygen atoms in total. The number of sulfonamides is 1. The van der Waals surface area contributed by atoms with Crippen LogP contribution in [0.25, 0.3) is 0 Å². The Hall–Kier alpha value is -1.00. The number of unbranched alkanes of at least 4 members (excludes halogenated alkanes) is 9. The summed E-state index contributed by atoms with van der Waals surface area (Å²) in [4.78, 5) is 1.66. The zero-order valence-corrected chi connectivity index (χ0v) is 19.2. The minimum Gasteiger partial charge on any atom is -0.247 e. The second-order valence-electron chi connectivity index (χ2n) is 7.02. The molecular formula is C20H35NO6S2. The second-order valence-corrected chi connectivity index (χ2v) is 9.86. The van der Waals surface area contributed by atoms with Gasteiger partial charge in [0.25, 0.3) is 10.0 Å². The summed E-state index contributed by atoms with van der Waals surface area (Å²) in [6.07, 6.45) is 12.6. The number of benzene rings is 1. The summed E-state index contributed by atoms with van der Waals surface area (Å²) in [7, 11) is -8.55. The maximum absolute atomic E-state index is 12.4. The van der Waals surface area contributed by atoms with Crippen LogP contribution in [0, 0.1) is 0 Å². The van der Waals surface area contributed by atoms with E-state index in [1.165, 1.54) is 57.9 Å². The molecule has 0 aromatic heterocycles. The Kier molecular flexibility index (Phi) is 12.6. The molecule has 1 N–H and O–H groups in total. The van der Waals surface area contributed by atoms with Crippen molar-refractivity contribution in [1.29, 1.82) is 0 Å². The zero-order chi connectivity index (χ0) is 21.6. The van der Waals surface area contributed by atoms with Crippen LogP contribution in [-0.4, -0.2) is 23.4 Å². The van der Waals surface area contributed by atoms with Crippen LogP contribution in [0.15, 0.2) is 29.2 Å². The van der Waals surface area contributed by atoms with Gasteiger partial charge in [-0.15, -0.1) is 4.28 Å². The fourth-order valence-electron chi connectivity index (χ4n) is 3.08. The van der Waals surface area contributed by atoms with Crippen molar-refractivity contribution in [2.45, 2.75) is 89.4 Å². The van der Waals surface area contributed by atoms with E-state index in [1.54, 1.807) is 23.1 Å². The van der Waals surface area contributed by atoms with Crippen molar-refractivity contribution in [2.24, 2.45) is 0 Å². The molecule has 0 radical (unpaired) electrons. The molecule has 0 saturated heterocycles. The molecule has 0 heterocycles. The summed E-state index contributed by atoms with van der Waals surface area (Å²) in [6.45, 7) is 3.52. The fourth-order valence-corrected chi connectivity index (χ4v) is 4.97. The van der Waals surface area contributed by atoms with Gasteiger partial charge in [0, 0.05) is 0 Å². The van der Waals surface area contributed by atoms with E-state index in [4.69, 9.17) is 0 Å². The van der Waals surface area contributed by atoms with E-state index in [9.17, 15) is 16.8 Å². The van der Waals surface area contributed by atoms with Gasteiger partial charge in [0.2, 0.25) is 0 Å². The number of hydrogen-bond donors (Lipinski definition) is 1. The van der Waals surface area contributed by atoms with Crippen molar-refractivity contribution in [1.82, 2.24) is 4.89 Å². The van der Waals surface area contributed by atoms with E-state index >= 15 is 0 Å². The van der Waals surface area contributed by atoms with Crippen LogP contribution in [0.4, 0.5) is 0 Å². The predicted molar refractivity (Wildman–Crippen MR) is 114 cm³/mol. The maximum atomic E-state index is 12.4. The highest BCUT2D eigenvalue weighted by Gasteiger charge is 2.22. The smallest absolute Gasteiger partial charge is 0.247 e. The number of rotatable bonds is 17. The summed E-state index contributed by atoms with van der Waals surface area (Å²) >= 11 is 0. The largest absolute Gasteiger partial charge is 0.417 e. The van der Waals surface area contributed by atoms with E-state index < -0.39 is 20.4 Å².